The summed E-state index contributed by atoms with van der Waals surface area (Å²) < 4.78 is 11.8. The van der Waals surface area contributed by atoms with Crippen LogP contribution in [-0.4, -0.2) is 66.0 Å². The van der Waals surface area contributed by atoms with Gasteiger partial charge in [-0.1, -0.05) is 12.1 Å². The summed E-state index contributed by atoms with van der Waals surface area (Å²) in [6.07, 6.45) is 1.52. The number of piperazine rings is 1. The second-order valence-electron chi connectivity index (χ2n) is 7.40. The molecule has 0 spiro atoms. The van der Waals surface area contributed by atoms with E-state index in [1.807, 2.05) is 12.1 Å². The van der Waals surface area contributed by atoms with Crippen LogP contribution in [0.25, 0.3) is 0 Å². The van der Waals surface area contributed by atoms with Crippen LogP contribution in [0.5, 0.6) is 5.75 Å². The second kappa shape index (κ2) is 4.94. The number of likely N-dealkylation sites (N-methyl/N-ethyl adjacent to an activating group) is 1. The minimum absolute atomic E-state index is 0.0105. The molecular weight excluding hydrogens is 308 g/mol. The topological polar surface area (TPSA) is 62.2 Å². The Bertz CT molecular complexity index is 708. The normalized spacial score (nSPS) is 40.2. The van der Waals surface area contributed by atoms with E-state index in [-0.39, 0.29) is 36.3 Å². The van der Waals surface area contributed by atoms with Gasteiger partial charge in [-0.05, 0) is 31.5 Å². The molecule has 0 saturated carbocycles. The Balaban J connectivity index is 1.64. The van der Waals surface area contributed by atoms with Crippen LogP contribution in [0.3, 0.4) is 0 Å². The molecule has 24 heavy (non-hydrogen) atoms. The Hall–Kier alpha value is -1.63. The zero-order valence-corrected chi connectivity index (χ0v) is 13.9. The van der Waals surface area contributed by atoms with Crippen molar-refractivity contribution in [2.75, 3.05) is 20.8 Å². The van der Waals surface area contributed by atoms with E-state index in [0.717, 1.165) is 12.2 Å². The Morgan fingerprint density at radius 3 is 2.96 bits per heavy atom. The van der Waals surface area contributed by atoms with Crippen molar-refractivity contribution in [3.05, 3.63) is 29.3 Å². The fourth-order valence-electron chi connectivity index (χ4n) is 5.63. The van der Waals surface area contributed by atoms with Crippen molar-refractivity contribution in [1.29, 1.82) is 0 Å². The maximum absolute atomic E-state index is 11.8. The number of rotatable bonds is 2. The van der Waals surface area contributed by atoms with Crippen LogP contribution >= 0.6 is 0 Å². The molecule has 1 N–H and O–H groups in total. The second-order valence-corrected chi connectivity index (χ2v) is 7.40. The van der Waals surface area contributed by atoms with Crippen molar-refractivity contribution in [1.82, 2.24) is 9.80 Å². The fraction of sp³-hybridized carbons (Fsp3) is 0.611. The lowest BCUT2D eigenvalue weighted by Crippen LogP contribution is -2.64. The summed E-state index contributed by atoms with van der Waals surface area (Å²) in [4.78, 5) is 16.5. The van der Waals surface area contributed by atoms with Crippen molar-refractivity contribution in [2.45, 2.75) is 43.2 Å². The van der Waals surface area contributed by atoms with E-state index in [1.54, 1.807) is 7.11 Å². The largest absolute Gasteiger partial charge is 0.496 e. The smallest absolute Gasteiger partial charge is 0.308 e. The molecule has 6 heteroatoms. The first-order valence-corrected chi connectivity index (χ1v) is 8.61. The van der Waals surface area contributed by atoms with Gasteiger partial charge in [0.2, 0.25) is 0 Å². The molecule has 5 rings (SSSR count). The van der Waals surface area contributed by atoms with Crippen molar-refractivity contribution >= 4 is 5.97 Å². The SMILES string of the molecule is COc1cccc2c1C1COC3C4C[C@@H](C(=O)O)C(C(C2)N13)N4C. The minimum atomic E-state index is -0.677. The van der Waals surface area contributed by atoms with Crippen molar-refractivity contribution < 1.29 is 19.4 Å². The summed E-state index contributed by atoms with van der Waals surface area (Å²) in [5, 5.41) is 9.71. The number of methoxy groups -OCH3 is 1. The van der Waals surface area contributed by atoms with Crippen LogP contribution in [0.4, 0.5) is 0 Å². The van der Waals surface area contributed by atoms with Gasteiger partial charge in [0.25, 0.3) is 0 Å². The third kappa shape index (κ3) is 1.68. The minimum Gasteiger partial charge on any atom is -0.496 e. The first-order valence-electron chi connectivity index (χ1n) is 8.61. The zero-order valence-electron chi connectivity index (χ0n) is 13.9. The summed E-state index contributed by atoms with van der Waals surface area (Å²) in [5.41, 5.74) is 2.50. The van der Waals surface area contributed by atoms with Gasteiger partial charge in [0, 0.05) is 17.6 Å². The van der Waals surface area contributed by atoms with Gasteiger partial charge < -0.3 is 14.6 Å². The number of carboxylic acids is 1. The molecule has 6 nitrogen and oxygen atoms in total. The number of hydrogen-bond donors (Lipinski definition) is 1. The molecule has 6 atom stereocenters. The number of carbonyl (C=O) groups is 1. The van der Waals surface area contributed by atoms with Crippen LogP contribution in [-0.2, 0) is 16.0 Å². The lowest BCUT2D eigenvalue weighted by atomic mass is 9.82. The first kappa shape index (κ1) is 14.7. The Labute approximate surface area is 140 Å². The predicted molar refractivity (Wildman–Crippen MR) is 85.9 cm³/mol. The quantitative estimate of drug-likeness (QED) is 0.876. The summed E-state index contributed by atoms with van der Waals surface area (Å²) in [7, 11) is 3.77. The van der Waals surface area contributed by atoms with Gasteiger partial charge in [0.05, 0.1) is 31.7 Å². The number of ether oxygens (including phenoxy) is 2. The molecule has 1 aromatic carbocycles. The molecule has 4 heterocycles. The highest BCUT2D eigenvalue weighted by Gasteiger charge is 2.62. The summed E-state index contributed by atoms with van der Waals surface area (Å²) in [6.45, 7) is 0.656. The Morgan fingerprint density at radius 1 is 1.38 bits per heavy atom. The molecule has 5 unspecified atom stereocenters. The van der Waals surface area contributed by atoms with Crippen molar-refractivity contribution in [2.24, 2.45) is 5.92 Å². The standard InChI is InChI=1S/C18H22N2O4/c1-19-12-7-10(18(21)22)16(19)11-6-9-4-3-5-14(23-2)15(9)13-8-24-17(12)20(11)13/h3-5,10-13,16-17H,6-8H2,1-2H3,(H,21,22)/t10-,11?,12?,13?,16?,17?/m1/s1. The molecule has 3 fully saturated rings. The summed E-state index contributed by atoms with van der Waals surface area (Å²) >= 11 is 0. The van der Waals surface area contributed by atoms with Gasteiger partial charge in [-0.3, -0.25) is 14.6 Å². The van der Waals surface area contributed by atoms with Gasteiger partial charge in [-0.25, -0.2) is 0 Å². The lowest BCUT2D eigenvalue weighted by Gasteiger charge is -2.51. The van der Waals surface area contributed by atoms with Crippen LogP contribution in [0.15, 0.2) is 18.2 Å². The Kier molecular flexibility index (Phi) is 3.02. The van der Waals surface area contributed by atoms with Crippen molar-refractivity contribution in [3.8, 4) is 5.75 Å². The molecule has 128 valence electrons. The summed E-state index contributed by atoms with van der Waals surface area (Å²) in [5.74, 6) is -0.0724. The number of aliphatic carboxylic acids is 1. The van der Waals surface area contributed by atoms with E-state index < -0.39 is 5.97 Å². The summed E-state index contributed by atoms with van der Waals surface area (Å²) in [6, 6.07) is 6.76. The predicted octanol–water partition coefficient (Wildman–Crippen LogP) is 1.11. The zero-order chi connectivity index (χ0) is 16.6. The van der Waals surface area contributed by atoms with Crippen molar-refractivity contribution in [3.63, 3.8) is 0 Å². The molecule has 4 aliphatic heterocycles. The van der Waals surface area contributed by atoms with Crippen LogP contribution in [0.2, 0.25) is 0 Å². The lowest BCUT2D eigenvalue weighted by molar-refractivity contribution is -0.144. The average Bonchev–Trinajstić information content (AvgIpc) is 3.10. The number of carboxylic acid groups (broad SMARTS) is 1. The van der Waals surface area contributed by atoms with E-state index in [4.69, 9.17) is 9.47 Å². The van der Waals surface area contributed by atoms with Crippen LogP contribution in [0, 0.1) is 5.92 Å². The van der Waals surface area contributed by atoms with E-state index in [1.165, 1.54) is 11.1 Å². The number of nitrogens with zero attached hydrogens (tertiary/aromatic N) is 2. The maximum atomic E-state index is 11.8. The highest BCUT2D eigenvalue weighted by molar-refractivity contribution is 5.72. The van der Waals surface area contributed by atoms with Crippen LogP contribution < -0.4 is 4.74 Å². The van der Waals surface area contributed by atoms with Crippen LogP contribution in [0.1, 0.15) is 23.6 Å². The Morgan fingerprint density at radius 2 is 2.21 bits per heavy atom. The number of hydrogen-bond acceptors (Lipinski definition) is 5. The third-order valence-corrected chi connectivity index (χ3v) is 6.54. The maximum Gasteiger partial charge on any atom is 0.308 e. The molecule has 0 radical (unpaired) electrons. The molecule has 0 aliphatic carbocycles. The molecule has 3 saturated heterocycles. The molecule has 0 amide bonds. The van der Waals surface area contributed by atoms with E-state index >= 15 is 0 Å². The fourth-order valence-corrected chi connectivity index (χ4v) is 5.63. The molecule has 1 aromatic rings. The highest BCUT2D eigenvalue weighted by atomic mass is 16.5. The van der Waals surface area contributed by atoms with Gasteiger partial charge in [-0.2, -0.15) is 0 Å². The molecule has 2 bridgehead atoms. The monoisotopic (exact) mass is 330 g/mol. The van der Waals surface area contributed by atoms with Gasteiger partial charge >= 0.3 is 5.97 Å². The van der Waals surface area contributed by atoms with Gasteiger partial charge in [0.1, 0.15) is 12.0 Å². The third-order valence-electron chi connectivity index (χ3n) is 6.54. The van der Waals surface area contributed by atoms with E-state index in [2.05, 4.69) is 22.9 Å². The van der Waals surface area contributed by atoms with Gasteiger partial charge in [-0.15, -0.1) is 0 Å². The average molecular weight is 330 g/mol. The number of benzene rings is 1. The van der Waals surface area contributed by atoms with E-state index in [9.17, 15) is 9.90 Å². The highest BCUT2D eigenvalue weighted by Crippen LogP contribution is 2.52. The molecule has 4 aliphatic rings. The number of fused-ring (bicyclic) bond motifs is 6. The molecule has 0 aromatic heterocycles. The van der Waals surface area contributed by atoms with E-state index in [0.29, 0.717) is 13.0 Å². The molecular formula is C18H22N2O4. The van der Waals surface area contributed by atoms with Gasteiger partial charge in [0.15, 0.2) is 0 Å². The first-order chi connectivity index (χ1) is 11.6.